The Morgan fingerprint density at radius 3 is 2.46 bits per heavy atom. The number of carbonyl (C=O) groups excluding carboxylic acids is 2. The minimum Gasteiger partial charge on any atom is -0.352 e. The zero-order chi connectivity index (χ0) is 18.4. The smallest absolute Gasteiger partial charge is 0.253 e. The second-order valence-electron chi connectivity index (χ2n) is 6.53. The maximum atomic E-state index is 13.6. The van der Waals surface area contributed by atoms with Crippen LogP contribution >= 0.6 is 0 Å². The molecule has 0 aliphatic carbocycles. The maximum Gasteiger partial charge on any atom is 0.253 e. The number of piperidine rings is 1. The van der Waals surface area contributed by atoms with E-state index in [9.17, 15) is 14.0 Å². The highest BCUT2D eigenvalue weighted by molar-refractivity contribution is 5.99. The van der Waals surface area contributed by atoms with E-state index in [2.05, 4.69) is 5.32 Å². The zero-order valence-electron chi connectivity index (χ0n) is 14.7. The quantitative estimate of drug-likeness (QED) is 0.894. The van der Waals surface area contributed by atoms with Gasteiger partial charge >= 0.3 is 0 Å². The molecule has 1 saturated heterocycles. The normalized spacial score (nSPS) is 14.1. The molecule has 0 saturated carbocycles. The molecule has 0 bridgehead atoms. The van der Waals surface area contributed by atoms with Gasteiger partial charge in [-0.1, -0.05) is 24.3 Å². The fourth-order valence-corrected chi connectivity index (χ4v) is 3.19. The highest BCUT2D eigenvalue weighted by atomic mass is 19.1. The largest absolute Gasteiger partial charge is 0.352 e. The van der Waals surface area contributed by atoms with E-state index in [0.29, 0.717) is 29.7 Å². The summed E-state index contributed by atoms with van der Waals surface area (Å²) in [6.07, 6.45) is 3.64. The van der Waals surface area contributed by atoms with Crippen LogP contribution in [0.5, 0.6) is 0 Å². The number of hydrogen-bond acceptors (Lipinski definition) is 2. The van der Waals surface area contributed by atoms with Gasteiger partial charge in [0.25, 0.3) is 11.8 Å². The highest BCUT2D eigenvalue weighted by Gasteiger charge is 2.19. The molecule has 2 aromatic rings. The van der Waals surface area contributed by atoms with Crippen molar-refractivity contribution < 1.29 is 14.0 Å². The molecule has 1 heterocycles. The molecule has 26 heavy (non-hydrogen) atoms. The van der Waals surface area contributed by atoms with Crippen molar-refractivity contribution in [2.24, 2.45) is 0 Å². The summed E-state index contributed by atoms with van der Waals surface area (Å²) in [5.74, 6) is -0.545. The van der Waals surface area contributed by atoms with Gasteiger partial charge in [-0.25, -0.2) is 4.39 Å². The fraction of sp³-hybridized carbons (Fsp3) is 0.333. The minimum absolute atomic E-state index is 0.0225. The van der Waals surface area contributed by atoms with E-state index in [1.807, 2.05) is 4.90 Å². The standard InChI is InChI=1S/C21H23FN2O2/c22-19-10-3-2-7-16(19)11-12-23-20(25)17-8-6-9-18(15-17)21(26)24-13-4-1-5-14-24/h2-3,6-10,15H,1,4-5,11-14H2,(H,23,25). The molecular weight excluding hydrogens is 331 g/mol. The molecule has 136 valence electrons. The molecule has 3 rings (SSSR count). The molecular formula is C21H23FN2O2. The van der Waals surface area contributed by atoms with Crippen LogP contribution in [0.3, 0.4) is 0 Å². The van der Waals surface area contributed by atoms with Gasteiger partial charge in [-0.15, -0.1) is 0 Å². The molecule has 4 nitrogen and oxygen atoms in total. The Bertz CT molecular complexity index is 785. The van der Waals surface area contributed by atoms with Crippen LogP contribution in [-0.4, -0.2) is 36.3 Å². The number of hydrogen-bond donors (Lipinski definition) is 1. The van der Waals surface area contributed by atoms with Crippen molar-refractivity contribution in [1.82, 2.24) is 10.2 Å². The number of benzene rings is 2. The third-order valence-corrected chi connectivity index (χ3v) is 4.65. The van der Waals surface area contributed by atoms with E-state index in [1.54, 1.807) is 42.5 Å². The molecule has 1 aliphatic heterocycles. The first-order valence-electron chi connectivity index (χ1n) is 9.06. The molecule has 1 fully saturated rings. The molecule has 0 spiro atoms. The predicted octanol–water partition coefficient (Wildman–Crippen LogP) is 3.42. The monoisotopic (exact) mass is 354 g/mol. The summed E-state index contributed by atoms with van der Waals surface area (Å²) in [6, 6.07) is 13.3. The summed E-state index contributed by atoms with van der Waals surface area (Å²) in [6.45, 7) is 1.89. The van der Waals surface area contributed by atoms with Crippen LogP contribution in [0.2, 0.25) is 0 Å². The van der Waals surface area contributed by atoms with Crippen LogP contribution in [0.1, 0.15) is 45.5 Å². The lowest BCUT2D eigenvalue weighted by molar-refractivity contribution is 0.0724. The van der Waals surface area contributed by atoms with Gasteiger partial charge in [0.2, 0.25) is 0 Å². The number of nitrogens with zero attached hydrogens (tertiary/aromatic N) is 1. The van der Waals surface area contributed by atoms with Gasteiger partial charge in [-0.3, -0.25) is 9.59 Å². The van der Waals surface area contributed by atoms with E-state index in [1.165, 1.54) is 6.07 Å². The first-order chi connectivity index (χ1) is 12.6. The summed E-state index contributed by atoms with van der Waals surface area (Å²) >= 11 is 0. The number of amides is 2. The Morgan fingerprint density at radius 2 is 1.69 bits per heavy atom. The van der Waals surface area contributed by atoms with Crippen molar-refractivity contribution in [2.75, 3.05) is 19.6 Å². The number of halogens is 1. The first-order valence-corrected chi connectivity index (χ1v) is 9.06. The Balaban J connectivity index is 1.59. The van der Waals surface area contributed by atoms with Gasteiger partial charge in [-0.05, 0) is 55.5 Å². The lowest BCUT2D eigenvalue weighted by Crippen LogP contribution is -2.35. The van der Waals surface area contributed by atoms with E-state index >= 15 is 0 Å². The van der Waals surface area contributed by atoms with Crippen molar-refractivity contribution in [1.29, 1.82) is 0 Å². The maximum absolute atomic E-state index is 13.6. The second kappa shape index (κ2) is 8.61. The number of rotatable bonds is 5. The molecule has 1 aliphatic rings. The van der Waals surface area contributed by atoms with Crippen LogP contribution in [0.15, 0.2) is 48.5 Å². The van der Waals surface area contributed by atoms with E-state index in [4.69, 9.17) is 0 Å². The van der Waals surface area contributed by atoms with Crippen LogP contribution < -0.4 is 5.32 Å². The molecule has 5 heteroatoms. The van der Waals surface area contributed by atoms with Crippen molar-refractivity contribution in [2.45, 2.75) is 25.7 Å². The summed E-state index contributed by atoms with van der Waals surface area (Å²) in [4.78, 5) is 26.8. The van der Waals surface area contributed by atoms with Gasteiger partial charge in [0.1, 0.15) is 5.82 Å². The van der Waals surface area contributed by atoms with Crippen LogP contribution in [0.4, 0.5) is 4.39 Å². The molecule has 2 aromatic carbocycles. The topological polar surface area (TPSA) is 49.4 Å². The lowest BCUT2D eigenvalue weighted by Gasteiger charge is -2.26. The predicted molar refractivity (Wildman–Crippen MR) is 98.6 cm³/mol. The summed E-state index contributed by atoms with van der Waals surface area (Å²) in [7, 11) is 0. The Morgan fingerprint density at radius 1 is 0.962 bits per heavy atom. The van der Waals surface area contributed by atoms with Crippen molar-refractivity contribution in [3.05, 3.63) is 71.0 Å². The molecule has 0 aromatic heterocycles. The van der Waals surface area contributed by atoms with Crippen molar-refractivity contribution >= 4 is 11.8 Å². The summed E-state index contributed by atoms with van der Waals surface area (Å²) < 4.78 is 13.6. The van der Waals surface area contributed by atoms with Gasteiger partial charge < -0.3 is 10.2 Å². The molecule has 0 atom stereocenters. The second-order valence-corrected chi connectivity index (χ2v) is 6.53. The van der Waals surface area contributed by atoms with Gasteiger partial charge in [0.15, 0.2) is 0 Å². The Hall–Kier alpha value is -2.69. The number of likely N-dealkylation sites (tertiary alicyclic amines) is 1. The summed E-state index contributed by atoms with van der Waals surface area (Å²) in [5, 5.41) is 2.79. The lowest BCUT2D eigenvalue weighted by atomic mass is 10.1. The fourth-order valence-electron chi connectivity index (χ4n) is 3.19. The van der Waals surface area contributed by atoms with E-state index < -0.39 is 0 Å². The molecule has 0 unspecified atom stereocenters. The van der Waals surface area contributed by atoms with Gasteiger partial charge in [-0.2, -0.15) is 0 Å². The summed E-state index contributed by atoms with van der Waals surface area (Å²) in [5.41, 5.74) is 1.55. The van der Waals surface area contributed by atoms with Crippen LogP contribution in [-0.2, 0) is 6.42 Å². The van der Waals surface area contributed by atoms with Gasteiger partial charge in [0, 0.05) is 30.8 Å². The van der Waals surface area contributed by atoms with E-state index in [-0.39, 0.29) is 17.6 Å². The number of nitrogens with one attached hydrogen (secondary N) is 1. The molecule has 1 N–H and O–H groups in total. The third kappa shape index (κ3) is 4.48. The average molecular weight is 354 g/mol. The average Bonchev–Trinajstić information content (AvgIpc) is 2.69. The molecule has 0 radical (unpaired) electrons. The Labute approximate surface area is 153 Å². The highest BCUT2D eigenvalue weighted by Crippen LogP contribution is 2.14. The Kier molecular flexibility index (Phi) is 6.00. The first kappa shape index (κ1) is 18.1. The van der Waals surface area contributed by atoms with Crippen molar-refractivity contribution in [3.63, 3.8) is 0 Å². The van der Waals surface area contributed by atoms with Crippen molar-refractivity contribution in [3.8, 4) is 0 Å². The minimum atomic E-state index is -0.268. The van der Waals surface area contributed by atoms with Crippen LogP contribution in [0, 0.1) is 5.82 Å². The SMILES string of the molecule is O=C(NCCc1ccccc1F)c1cccc(C(=O)N2CCCCC2)c1. The van der Waals surface area contributed by atoms with Gasteiger partial charge in [0.05, 0.1) is 0 Å². The third-order valence-electron chi connectivity index (χ3n) is 4.65. The van der Waals surface area contributed by atoms with E-state index in [0.717, 1.165) is 32.4 Å². The number of carbonyl (C=O) groups is 2. The molecule has 2 amide bonds. The zero-order valence-corrected chi connectivity index (χ0v) is 14.7. The van der Waals surface area contributed by atoms with Crippen LogP contribution in [0.25, 0.3) is 0 Å².